The van der Waals surface area contributed by atoms with Crippen molar-refractivity contribution >= 4 is 34.8 Å². The number of hydrogen-bond donors (Lipinski definition) is 2. The predicted molar refractivity (Wildman–Crippen MR) is 86.7 cm³/mol. The molecule has 1 saturated heterocycles. The summed E-state index contributed by atoms with van der Waals surface area (Å²) >= 11 is 12.2. The third kappa shape index (κ3) is 2.77. The molecule has 1 aromatic heterocycles. The lowest BCUT2D eigenvalue weighted by Crippen LogP contribution is -2.27. The summed E-state index contributed by atoms with van der Waals surface area (Å²) in [6, 6.07) is 5.52. The van der Waals surface area contributed by atoms with Crippen LogP contribution in [0.4, 0.5) is 11.6 Å². The Morgan fingerprint density at radius 2 is 2.10 bits per heavy atom. The molecule has 1 aliphatic rings. The maximum Gasteiger partial charge on any atom is 0.152 e. The summed E-state index contributed by atoms with van der Waals surface area (Å²) in [6.45, 7) is 1.64. The molecule has 0 amide bonds. The fourth-order valence-electron chi connectivity index (χ4n) is 2.44. The number of anilines is 2. The van der Waals surface area contributed by atoms with Crippen LogP contribution in [0.25, 0.3) is 11.3 Å². The number of aromatic nitrogens is 2. The first kappa shape index (κ1) is 14.4. The second kappa shape index (κ2) is 5.67. The van der Waals surface area contributed by atoms with Crippen molar-refractivity contribution in [1.82, 2.24) is 9.97 Å². The Labute approximate surface area is 132 Å². The molecule has 0 saturated carbocycles. The molecule has 0 unspecified atom stereocenters. The molecular weight excluding hydrogens is 309 g/mol. The number of hydrogen-bond acceptors (Lipinski definition) is 5. The summed E-state index contributed by atoms with van der Waals surface area (Å²) in [7, 11) is 0. The van der Waals surface area contributed by atoms with E-state index in [-0.39, 0.29) is 6.04 Å². The quantitative estimate of drug-likeness (QED) is 0.887. The van der Waals surface area contributed by atoms with Gasteiger partial charge in [0.15, 0.2) is 5.82 Å². The second-order valence-electron chi connectivity index (χ2n) is 5.06. The molecule has 21 heavy (non-hydrogen) atoms. The highest BCUT2D eigenvalue weighted by Gasteiger charge is 2.21. The van der Waals surface area contributed by atoms with Crippen molar-refractivity contribution in [2.45, 2.75) is 12.5 Å². The molecule has 1 atom stereocenters. The lowest BCUT2D eigenvalue weighted by molar-refractivity contribution is 0.751. The zero-order chi connectivity index (χ0) is 15.0. The standard InChI is InChI=1S/C14H15Cl2N5/c15-10-3-1-2-9(12(10)16)13-14(18)20-11(6-19-13)21-5-4-8(17)7-21/h1-3,6,8H,4-5,7,17H2,(H2,18,20)/t8-/m0/s1. The molecule has 2 aromatic rings. The van der Waals surface area contributed by atoms with Crippen LogP contribution in [0.5, 0.6) is 0 Å². The molecule has 2 heterocycles. The fourth-order valence-corrected chi connectivity index (χ4v) is 2.83. The molecule has 4 N–H and O–H groups in total. The van der Waals surface area contributed by atoms with E-state index in [0.29, 0.717) is 27.1 Å². The highest BCUT2D eigenvalue weighted by Crippen LogP contribution is 2.35. The molecule has 1 aliphatic heterocycles. The Morgan fingerprint density at radius 3 is 2.76 bits per heavy atom. The van der Waals surface area contributed by atoms with Crippen molar-refractivity contribution < 1.29 is 0 Å². The zero-order valence-corrected chi connectivity index (χ0v) is 12.8. The van der Waals surface area contributed by atoms with Crippen LogP contribution in [-0.4, -0.2) is 29.1 Å². The van der Waals surface area contributed by atoms with E-state index >= 15 is 0 Å². The van der Waals surface area contributed by atoms with E-state index in [1.54, 1.807) is 18.3 Å². The van der Waals surface area contributed by atoms with Gasteiger partial charge in [-0.15, -0.1) is 0 Å². The molecular formula is C14H15Cl2N5. The van der Waals surface area contributed by atoms with Gasteiger partial charge in [0.1, 0.15) is 11.5 Å². The van der Waals surface area contributed by atoms with Crippen molar-refractivity contribution in [3.8, 4) is 11.3 Å². The summed E-state index contributed by atoms with van der Waals surface area (Å²) in [4.78, 5) is 10.9. The van der Waals surface area contributed by atoms with E-state index in [1.165, 1.54) is 0 Å². The minimum atomic E-state index is 0.176. The lowest BCUT2D eigenvalue weighted by Gasteiger charge is -2.17. The van der Waals surface area contributed by atoms with Crippen LogP contribution >= 0.6 is 23.2 Å². The van der Waals surface area contributed by atoms with Crippen molar-refractivity contribution in [2.24, 2.45) is 5.73 Å². The van der Waals surface area contributed by atoms with Crippen LogP contribution in [0.2, 0.25) is 10.0 Å². The first-order chi connectivity index (χ1) is 10.1. The highest BCUT2D eigenvalue weighted by molar-refractivity contribution is 6.43. The summed E-state index contributed by atoms with van der Waals surface area (Å²) in [5.41, 5.74) is 13.2. The molecule has 110 valence electrons. The predicted octanol–water partition coefficient (Wildman–Crippen LogP) is 2.57. The first-order valence-electron chi connectivity index (χ1n) is 6.63. The topological polar surface area (TPSA) is 81.1 Å². The molecule has 0 bridgehead atoms. The van der Waals surface area contributed by atoms with Gasteiger partial charge in [-0.05, 0) is 12.5 Å². The van der Waals surface area contributed by atoms with Gasteiger partial charge in [0.2, 0.25) is 0 Å². The largest absolute Gasteiger partial charge is 0.382 e. The van der Waals surface area contributed by atoms with Gasteiger partial charge in [-0.25, -0.2) is 9.97 Å². The lowest BCUT2D eigenvalue weighted by atomic mass is 10.1. The SMILES string of the molecule is Nc1nc(N2CC[C@H](N)C2)cnc1-c1cccc(Cl)c1Cl. The smallest absolute Gasteiger partial charge is 0.152 e. The Balaban J connectivity index is 1.96. The number of halogens is 2. The zero-order valence-electron chi connectivity index (χ0n) is 11.3. The van der Waals surface area contributed by atoms with Crippen molar-refractivity contribution in [1.29, 1.82) is 0 Å². The van der Waals surface area contributed by atoms with E-state index in [1.807, 2.05) is 6.07 Å². The first-order valence-corrected chi connectivity index (χ1v) is 7.39. The van der Waals surface area contributed by atoms with Crippen LogP contribution in [-0.2, 0) is 0 Å². The molecule has 1 aromatic carbocycles. The van der Waals surface area contributed by atoms with E-state index in [4.69, 9.17) is 34.7 Å². The molecule has 1 fully saturated rings. The summed E-state index contributed by atoms with van der Waals surface area (Å²) in [5.74, 6) is 1.07. The maximum atomic E-state index is 6.20. The molecule has 3 rings (SSSR count). The molecule has 5 nitrogen and oxygen atoms in total. The van der Waals surface area contributed by atoms with Crippen LogP contribution in [0, 0.1) is 0 Å². The third-order valence-corrected chi connectivity index (χ3v) is 4.36. The van der Waals surface area contributed by atoms with Crippen molar-refractivity contribution in [3.05, 3.63) is 34.4 Å². The van der Waals surface area contributed by atoms with Gasteiger partial charge in [0.05, 0.1) is 16.2 Å². The molecule has 0 spiro atoms. The fraction of sp³-hybridized carbons (Fsp3) is 0.286. The average Bonchev–Trinajstić information content (AvgIpc) is 2.89. The van der Waals surface area contributed by atoms with Gasteiger partial charge < -0.3 is 16.4 Å². The summed E-state index contributed by atoms with van der Waals surface area (Å²) in [5, 5.41) is 0.890. The monoisotopic (exact) mass is 323 g/mol. The second-order valence-corrected chi connectivity index (χ2v) is 5.84. The van der Waals surface area contributed by atoms with Gasteiger partial charge in [-0.2, -0.15) is 0 Å². The number of rotatable bonds is 2. The van der Waals surface area contributed by atoms with Crippen LogP contribution in [0.3, 0.4) is 0 Å². The Morgan fingerprint density at radius 1 is 1.29 bits per heavy atom. The third-order valence-electron chi connectivity index (χ3n) is 3.54. The normalized spacial score (nSPS) is 18.2. The molecule has 0 aliphatic carbocycles. The van der Waals surface area contributed by atoms with E-state index in [2.05, 4.69) is 14.9 Å². The van der Waals surface area contributed by atoms with E-state index in [9.17, 15) is 0 Å². The minimum absolute atomic E-state index is 0.176. The maximum absolute atomic E-state index is 6.20. The average molecular weight is 324 g/mol. The molecule has 7 heteroatoms. The Hall–Kier alpha value is -1.56. The summed E-state index contributed by atoms with van der Waals surface area (Å²) < 4.78 is 0. The van der Waals surface area contributed by atoms with Gasteiger partial charge >= 0.3 is 0 Å². The van der Waals surface area contributed by atoms with Gasteiger partial charge in [0.25, 0.3) is 0 Å². The number of nitrogens with zero attached hydrogens (tertiary/aromatic N) is 3. The van der Waals surface area contributed by atoms with Gasteiger partial charge in [0, 0.05) is 24.7 Å². The van der Waals surface area contributed by atoms with Crippen molar-refractivity contribution in [3.63, 3.8) is 0 Å². The Bertz CT molecular complexity index is 676. The number of nitrogens with two attached hydrogens (primary N) is 2. The molecule has 0 radical (unpaired) electrons. The number of benzene rings is 1. The van der Waals surface area contributed by atoms with Gasteiger partial charge in [-0.1, -0.05) is 35.3 Å². The van der Waals surface area contributed by atoms with Crippen LogP contribution in [0.15, 0.2) is 24.4 Å². The highest BCUT2D eigenvalue weighted by atomic mass is 35.5. The van der Waals surface area contributed by atoms with E-state index < -0.39 is 0 Å². The summed E-state index contributed by atoms with van der Waals surface area (Å²) in [6.07, 6.45) is 2.64. The van der Waals surface area contributed by atoms with Crippen molar-refractivity contribution in [2.75, 3.05) is 23.7 Å². The number of nitrogen functional groups attached to an aromatic ring is 1. The van der Waals surface area contributed by atoms with Crippen LogP contribution < -0.4 is 16.4 Å². The van der Waals surface area contributed by atoms with E-state index in [0.717, 1.165) is 25.3 Å². The Kier molecular flexibility index (Phi) is 3.89. The van der Waals surface area contributed by atoms with Gasteiger partial charge in [-0.3, -0.25) is 0 Å². The minimum Gasteiger partial charge on any atom is -0.382 e. The van der Waals surface area contributed by atoms with Crippen LogP contribution in [0.1, 0.15) is 6.42 Å².